The predicted octanol–water partition coefficient (Wildman–Crippen LogP) is 1.41. The van der Waals surface area contributed by atoms with Crippen LogP contribution in [0.1, 0.15) is 26.7 Å². The number of nitrogens with zero attached hydrogens (tertiary/aromatic N) is 3. The van der Waals surface area contributed by atoms with Crippen LogP contribution >= 0.6 is 0 Å². The number of aliphatic hydroxyl groups excluding tert-OH is 1. The third-order valence-corrected chi connectivity index (χ3v) is 2.97. The number of hydrogen-bond donors (Lipinski definition) is 1. The highest BCUT2D eigenvalue weighted by atomic mass is 16.3. The van der Waals surface area contributed by atoms with Gasteiger partial charge in [0.1, 0.15) is 6.54 Å². The normalized spacial score (nSPS) is 22.0. The van der Waals surface area contributed by atoms with E-state index < -0.39 is 0 Å². The zero-order chi connectivity index (χ0) is 10.7. The lowest BCUT2D eigenvalue weighted by Crippen LogP contribution is -2.48. The first-order valence-electron chi connectivity index (χ1n) is 5.42. The molecule has 1 rings (SSSR count). The maximum absolute atomic E-state index is 9.01. The number of rotatable bonds is 7. The summed E-state index contributed by atoms with van der Waals surface area (Å²) in [6, 6.07) is 0. The van der Waals surface area contributed by atoms with Gasteiger partial charge in [0.05, 0.1) is 26.7 Å². The molecule has 1 unspecified atom stereocenters. The van der Waals surface area contributed by atoms with Gasteiger partial charge in [0.15, 0.2) is 5.66 Å². The molecular weight excluding hydrogens is 178 g/mol. The van der Waals surface area contributed by atoms with Crippen molar-refractivity contribution in [3.63, 3.8) is 0 Å². The first kappa shape index (κ1) is 11.6. The monoisotopic (exact) mass is 200 g/mol. The van der Waals surface area contributed by atoms with Crippen LogP contribution < -0.4 is 0 Å². The summed E-state index contributed by atoms with van der Waals surface area (Å²) < 4.78 is 0.938. The molecule has 0 bridgehead atoms. The van der Waals surface area contributed by atoms with Crippen molar-refractivity contribution in [2.75, 3.05) is 33.3 Å². The predicted molar refractivity (Wildman–Crippen MR) is 56.0 cm³/mol. The van der Waals surface area contributed by atoms with E-state index in [0.717, 1.165) is 37.0 Å². The van der Waals surface area contributed by atoms with Crippen molar-refractivity contribution in [2.45, 2.75) is 32.4 Å². The lowest BCUT2D eigenvalue weighted by atomic mass is 10.1. The maximum Gasteiger partial charge on any atom is 0.193 e. The third kappa shape index (κ3) is 3.35. The van der Waals surface area contributed by atoms with Gasteiger partial charge in [-0.05, 0) is 13.3 Å². The van der Waals surface area contributed by atoms with Crippen LogP contribution in [0.5, 0.6) is 0 Å². The fourth-order valence-corrected chi connectivity index (χ4v) is 1.78. The molecule has 0 fully saturated rings. The Morgan fingerprint density at radius 1 is 1.21 bits per heavy atom. The van der Waals surface area contributed by atoms with Crippen molar-refractivity contribution in [1.82, 2.24) is 0 Å². The van der Waals surface area contributed by atoms with Crippen LogP contribution in [0.2, 0.25) is 0 Å². The first-order chi connectivity index (χ1) is 6.54. The van der Waals surface area contributed by atoms with Gasteiger partial charge < -0.3 is 9.59 Å². The molecule has 4 heteroatoms. The van der Waals surface area contributed by atoms with Crippen molar-refractivity contribution in [3.8, 4) is 0 Å². The van der Waals surface area contributed by atoms with E-state index in [1.54, 1.807) is 0 Å². The Morgan fingerprint density at radius 3 is 2.29 bits per heavy atom. The summed E-state index contributed by atoms with van der Waals surface area (Å²) in [6.45, 7) is 7.52. The molecule has 0 amide bonds. The van der Waals surface area contributed by atoms with Gasteiger partial charge in [-0.3, -0.25) is 0 Å². The smallest absolute Gasteiger partial charge is 0.193 e. The second-order valence-electron chi connectivity index (χ2n) is 4.68. The quantitative estimate of drug-likeness (QED) is 0.620. The van der Waals surface area contributed by atoms with Crippen LogP contribution in [-0.2, 0) is 0 Å². The van der Waals surface area contributed by atoms with E-state index in [0.29, 0.717) is 0 Å². The van der Waals surface area contributed by atoms with Crippen LogP contribution in [-0.4, -0.2) is 48.5 Å². The van der Waals surface area contributed by atoms with Crippen LogP contribution in [0, 0.1) is 0 Å². The Kier molecular flexibility index (Phi) is 3.61. The maximum atomic E-state index is 9.01. The molecule has 0 aromatic heterocycles. The summed E-state index contributed by atoms with van der Waals surface area (Å²) in [7, 11) is 2.20. The highest BCUT2D eigenvalue weighted by Crippen LogP contribution is 2.31. The van der Waals surface area contributed by atoms with Gasteiger partial charge in [-0.1, -0.05) is 6.92 Å². The van der Waals surface area contributed by atoms with Crippen molar-refractivity contribution in [1.29, 1.82) is 0 Å². The summed E-state index contributed by atoms with van der Waals surface area (Å²) in [5, 5.41) is 17.0. The van der Waals surface area contributed by atoms with Crippen molar-refractivity contribution in [3.05, 3.63) is 0 Å². The van der Waals surface area contributed by atoms with Gasteiger partial charge in [-0.15, -0.1) is 0 Å². The second kappa shape index (κ2) is 4.36. The van der Waals surface area contributed by atoms with Crippen LogP contribution in [0.25, 0.3) is 0 Å². The minimum absolute atomic E-state index is 0.0945. The number of aliphatic hydroxyl groups is 1. The first-order valence-corrected chi connectivity index (χ1v) is 5.42. The molecule has 1 N–H and O–H groups in total. The Balaban J connectivity index is 2.33. The average Bonchev–Trinajstić information content (AvgIpc) is 2.83. The minimum atomic E-state index is -0.0945. The molecule has 0 saturated carbocycles. The lowest BCUT2D eigenvalue weighted by Gasteiger charge is -2.34. The van der Waals surface area contributed by atoms with Crippen LogP contribution in [0.4, 0.5) is 0 Å². The topological polar surface area (TPSA) is 45.0 Å². The molecule has 0 spiro atoms. The molecule has 0 aromatic carbocycles. The van der Waals surface area contributed by atoms with Gasteiger partial charge in [0.2, 0.25) is 0 Å². The summed E-state index contributed by atoms with van der Waals surface area (Å²) in [5.74, 6) is 0. The van der Waals surface area contributed by atoms with E-state index in [4.69, 9.17) is 5.11 Å². The third-order valence-electron chi connectivity index (χ3n) is 2.97. The second-order valence-corrected chi connectivity index (χ2v) is 4.68. The molecular formula is C10H22N3O+. The summed E-state index contributed by atoms with van der Waals surface area (Å²) >= 11 is 0. The van der Waals surface area contributed by atoms with Gasteiger partial charge >= 0.3 is 0 Å². The highest BCUT2D eigenvalue weighted by Gasteiger charge is 2.36. The van der Waals surface area contributed by atoms with Gasteiger partial charge in [-0.25, -0.2) is 0 Å². The van der Waals surface area contributed by atoms with E-state index in [1.165, 1.54) is 0 Å². The molecule has 1 heterocycles. The molecule has 14 heavy (non-hydrogen) atoms. The van der Waals surface area contributed by atoms with Gasteiger partial charge in [0.25, 0.3) is 0 Å². The Morgan fingerprint density at radius 2 is 1.86 bits per heavy atom. The highest BCUT2D eigenvalue weighted by molar-refractivity contribution is 4.87. The number of likely N-dealkylation sites (N-methyl/N-ethyl adjacent to an activating group) is 1. The van der Waals surface area contributed by atoms with E-state index in [1.807, 2.05) is 0 Å². The molecule has 0 saturated heterocycles. The molecule has 1 aliphatic rings. The van der Waals surface area contributed by atoms with Crippen molar-refractivity contribution in [2.24, 2.45) is 10.2 Å². The largest absolute Gasteiger partial charge is 0.391 e. The standard InChI is InChI=1S/C10H22N3O/c1-4-6-13(3,8-9-14)7-5-10(2)11-12-10/h14H,4-9H2,1-3H3/q+1. The summed E-state index contributed by atoms with van der Waals surface area (Å²) in [6.07, 6.45) is 2.16. The molecule has 1 atom stereocenters. The van der Waals surface area contributed by atoms with E-state index in [-0.39, 0.29) is 12.3 Å². The molecule has 4 nitrogen and oxygen atoms in total. The van der Waals surface area contributed by atoms with Crippen molar-refractivity contribution < 1.29 is 9.59 Å². The Hall–Kier alpha value is -0.480. The summed E-state index contributed by atoms with van der Waals surface area (Å²) in [5.41, 5.74) is -0.0945. The van der Waals surface area contributed by atoms with E-state index >= 15 is 0 Å². The fraction of sp³-hybridized carbons (Fsp3) is 1.00. The zero-order valence-electron chi connectivity index (χ0n) is 9.53. The Bertz CT molecular complexity index is 203. The summed E-state index contributed by atoms with van der Waals surface area (Å²) in [4.78, 5) is 0. The minimum Gasteiger partial charge on any atom is -0.391 e. The molecule has 0 aliphatic carbocycles. The zero-order valence-corrected chi connectivity index (χ0v) is 9.53. The van der Waals surface area contributed by atoms with Crippen molar-refractivity contribution >= 4 is 0 Å². The SMILES string of the molecule is CCC[N+](C)(CCO)CCC1(C)N=N1. The Labute approximate surface area is 86.2 Å². The lowest BCUT2D eigenvalue weighted by molar-refractivity contribution is -0.910. The van der Waals surface area contributed by atoms with E-state index in [2.05, 4.69) is 31.1 Å². The van der Waals surface area contributed by atoms with Gasteiger partial charge in [-0.2, -0.15) is 10.2 Å². The average molecular weight is 200 g/mol. The molecule has 82 valence electrons. The van der Waals surface area contributed by atoms with Crippen LogP contribution in [0.3, 0.4) is 0 Å². The molecule has 0 aromatic rings. The fourth-order valence-electron chi connectivity index (χ4n) is 1.78. The van der Waals surface area contributed by atoms with E-state index in [9.17, 15) is 0 Å². The number of hydrogen-bond acceptors (Lipinski definition) is 3. The number of quaternary nitrogens is 1. The molecule has 1 aliphatic heterocycles. The van der Waals surface area contributed by atoms with Crippen LogP contribution in [0.15, 0.2) is 10.2 Å². The van der Waals surface area contributed by atoms with Gasteiger partial charge in [0, 0.05) is 6.42 Å². The molecule has 0 radical (unpaired) electrons.